The molecule has 1 aromatic rings. The number of hydrogen-bond acceptors (Lipinski definition) is 4. The third kappa shape index (κ3) is 4.74. The first-order valence-electron chi connectivity index (χ1n) is 6.57. The Balaban J connectivity index is 1.61. The lowest BCUT2D eigenvalue weighted by Crippen LogP contribution is -2.44. The summed E-state index contributed by atoms with van der Waals surface area (Å²) in [6.45, 7) is 5.29. The topological polar surface area (TPSA) is 42.5 Å². The highest BCUT2D eigenvalue weighted by molar-refractivity contribution is 5.13. The molecule has 4 nitrogen and oxygen atoms in total. The SMILES string of the molecule is CC(CC1COCCN1)NOCc1ccccc1. The molecule has 2 rings (SSSR count). The summed E-state index contributed by atoms with van der Waals surface area (Å²) in [5.74, 6) is 0. The van der Waals surface area contributed by atoms with Crippen LogP contribution in [0.25, 0.3) is 0 Å². The van der Waals surface area contributed by atoms with Crippen molar-refractivity contribution >= 4 is 0 Å². The highest BCUT2D eigenvalue weighted by Gasteiger charge is 2.15. The Hall–Kier alpha value is -0.940. The van der Waals surface area contributed by atoms with Crippen LogP contribution in [0.2, 0.25) is 0 Å². The van der Waals surface area contributed by atoms with Gasteiger partial charge in [0.15, 0.2) is 0 Å². The van der Waals surface area contributed by atoms with Crippen LogP contribution in [0.3, 0.4) is 0 Å². The molecule has 1 aliphatic heterocycles. The maximum absolute atomic E-state index is 5.50. The standard InChI is InChI=1S/C14H22N2O2/c1-12(9-14-11-17-8-7-15-14)16-18-10-13-5-3-2-4-6-13/h2-6,12,14-16H,7-11H2,1H3. The molecule has 1 heterocycles. The van der Waals surface area contributed by atoms with E-state index in [1.807, 2.05) is 18.2 Å². The lowest BCUT2D eigenvalue weighted by Gasteiger charge is -2.26. The highest BCUT2D eigenvalue weighted by atomic mass is 16.6. The van der Waals surface area contributed by atoms with Crippen molar-refractivity contribution < 1.29 is 9.57 Å². The van der Waals surface area contributed by atoms with E-state index in [0.717, 1.165) is 26.2 Å². The number of nitrogens with one attached hydrogen (secondary N) is 2. The quantitative estimate of drug-likeness (QED) is 0.750. The van der Waals surface area contributed by atoms with Gasteiger partial charge in [-0.25, -0.2) is 0 Å². The van der Waals surface area contributed by atoms with E-state index in [1.165, 1.54) is 5.56 Å². The molecule has 18 heavy (non-hydrogen) atoms. The van der Waals surface area contributed by atoms with Crippen molar-refractivity contribution in [2.75, 3.05) is 19.8 Å². The largest absolute Gasteiger partial charge is 0.379 e. The fourth-order valence-corrected chi connectivity index (χ4v) is 2.09. The van der Waals surface area contributed by atoms with Gasteiger partial charge in [-0.15, -0.1) is 0 Å². The predicted octanol–water partition coefficient (Wildman–Crippen LogP) is 1.47. The summed E-state index contributed by atoms with van der Waals surface area (Å²) < 4.78 is 5.43. The van der Waals surface area contributed by atoms with Gasteiger partial charge in [-0.3, -0.25) is 4.84 Å². The Kier molecular flexibility index (Phi) is 5.61. The molecule has 1 saturated heterocycles. The first-order chi connectivity index (χ1) is 8.84. The number of hydroxylamine groups is 1. The summed E-state index contributed by atoms with van der Waals surface area (Å²) in [5, 5.41) is 3.44. The zero-order valence-corrected chi connectivity index (χ0v) is 10.9. The Labute approximate surface area is 109 Å². The average Bonchev–Trinajstić information content (AvgIpc) is 2.41. The van der Waals surface area contributed by atoms with E-state index in [1.54, 1.807) is 0 Å². The van der Waals surface area contributed by atoms with Crippen molar-refractivity contribution in [2.24, 2.45) is 0 Å². The third-order valence-electron chi connectivity index (χ3n) is 3.00. The maximum atomic E-state index is 5.50. The molecular formula is C14H22N2O2. The van der Waals surface area contributed by atoms with Crippen LogP contribution in [0.15, 0.2) is 30.3 Å². The summed E-state index contributed by atoms with van der Waals surface area (Å²) >= 11 is 0. The minimum absolute atomic E-state index is 0.313. The maximum Gasteiger partial charge on any atom is 0.0933 e. The van der Waals surface area contributed by atoms with Crippen molar-refractivity contribution in [1.82, 2.24) is 10.8 Å². The first-order valence-corrected chi connectivity index (χ1v) is 6.57. The molecule has 0 aliphatic carbocycles. The zero-order valence-electron chi connectivity index (χ0n) is 10.9. The van der Waals surface area contributed by atoms with E-state index in [9.17, 15) is 0 Å². The van der Waals surface area contributed by atoms with Gasteiger partial charge >= 0.3 is 0 Å². The number of ether oxygens (including phenoxy) is 1. The van der Waals surface area contributed by atoms with Crippen LogP contribution < -0.4 is 10.8 Å². The third-order valence-corrected chi connectivity index (χ3v) is 3.00. The van der Waals surface area contributed by atoms with Crippen LogP contribution in [0, 0.1) is 0 Å². The van der Waals surface area contributed by atoms with Crippen molar-refractivity contribution in [2.45, 2.75) is 32.0 Å². The second-order valence-corrected chi connectivity index (χ2v) is 4.75. The summed E-state index contributed by atoms with van der Waals surface area (Å²) in [4.78, 5) is 5.50. The molecule has 0 spiro atoms. The summed E-state index contributed by atoms with van der Waals surface area (Å²) in [5.41, 5.74) is 4.26. The van der Waals surface area contributed by atoms with Crippen LogP contribution in [0.4, 0.5) is 0 Å². The minimum Gasteiger partial charge on any atom is -0.379 e. The minimum atomic E-state index is 0.313. The molecular weight excluding hydrogens is 228 g/mol. The molecule has 4 heteroatoms. The average molecular weight is 250 g/mol. The monoisotopic (exact) mass is 250 g/mol. The van der Waals surface area contributed by atoms with Gasteiger partial charge in [-0.05, 0) is 18.9 Å². The molecule has 0 radical (unpaired) electrons. The van der Waals surface area contributed by atoms with E-state index in [4.69, 9.17) is 9.57 Å². The van der Waals surface area contributed by atoms with Crippen LogP contribution in [0.5, 0.6) is 0 Å². The second kappa shape index (κ2) is 7.48. The van der Waals surface area contributed by atoms with Gasteiger partial charge in [0, 0.05) is 18.6 Å². The van der Waals surface area contributed by atoms with Gasteiger partial charge in [-0.2, -0.15) is 5.48 Å². The van der Waals surface area contributed by atoms with Crippen molar-refractivity contribution in [3.8, 4) is 0 Å². The number of benzene rings is 1. The lowest BCUT2D eigenvalue weighted by atomic mass is 10.1. The van der Waals surface area contributed by atoms with Crippen LogP contribution in [-0.4, -0.2) is 31.8 Å². The van der Waals surface area contributed by atoms with Crippen molar-refractivity contribution in [3.63, 3.8) is 0 Å². The Morgan fingerprint density at radius 3 is 3.00 bits per heavy atom. The molecule has 0 saturated carbocycles. The number of hydrogen-bond donors (Lipinski definition) is 2. The summed E-state index contributed by atoms with van der Waals surface area (Å²) in [7, 11) is 0. The van der Waals surface area contributed by atoms with Crippen LogP contribution in [-0.2, 0) is 16.2 Å². The second-order valence-electron chi connectivity index (χ2n) is 4.75. The smallest absolute Gasteiger partial charge is 0.0933 e. The molecule has 1 aliphatic rings. The van der Waals surface area contributed by atoms with E-state index in [-0.39, 0.29) is 0 Å². The van der Waals surface area contributed by atoms with E-state index >= 15 is 0 Å². The molecule has 2 N–H and O–H groups in total. The summed E-state index contributed by atoms with van der Waals surface area (Å²) in [6, 6.07) is 10.9. The lowest BCUT2D eigenvalue weighted by molar-refractivity contribution is -0.00294. The fraction of sp³-hybridized carbons (Fsp3) is 0.571. The Bertz CT molecular complexity index is 326. The molecule has 0 bridgehead atoms. The van der Waals surface area contributed by atoms with E-state index in [0.29, 0.717) is 18.7 Å². The van der Waals surface area contributed by atoms with Crippen molar-refractivity contribution in [1.29, 1.82) is 0 Å². The van der Waals surface area contributed by atoms with Gasteiger partial charge in [0.1, 0.15) is 0 Å². The first kappa shape index (κ1) is 13.5. The van der Waals surface area contributed by atoms with Gasteiger partial charge in [0.2, 0.25) is 0 Å². The molecule has 1 aromatic carbocycles. The van der Waals surface area contributed by atoms with Crippen molar-refractivity contribution in [3.05, 3.63) is 35.9 Å². The van der Waals surface area contributed by atoms with Crippen LogP contribution >= 0.6 is 0 Å². The van der Waals surface area contributed by atoms with E-state index < -0.39 is 0 Å². The van der Waals surface area contributed by atoms with Gasteiger partial charge in [-0.1, -0.05) is 30.3 Å². The van der Waals surface area contributed by atoms with Gasteiger partial charge in [0.25, 0.3) is 0 Å². The van der Waals surface area contributed by atoms with Gasteiger partial charge in [0.05, 0.1) is 19.8 Å². The Morgan fingerprint density at radius 1 is 1.44 bits per heavy atom. The summed E-state index contributed by atoms with van der Waals surface area (Å²) in [6.07, 6.45) is 1.01. The Morgan fingerprint density at radius 2 is 2.28 bits per heavy atom. The molecule has 0 aromatic heterocycles. The predicted molar refractivity (Wildman–Crippen MR) is 71.1 cm³/mol. The van der Waals surface area contributed by atoms with E-state index in [2.05, 4.69) is 29.9 Å². The molecule has 100 valence electrons. The number of morpholine rings is 1. The van der Waals surface area contributed by atoms with Gasteiger partial charge < -0.3 is 10.1 Å². The molecule has 2 atom stereocenters. The highest BCUT2D eigenvalue weighted by Crippen LogP contribution is 2.04. The molecule has 1 fully saturated rings. The molecule has 0 amide bonds. The number of rotatable bonds is 6. The normalized spacial score (nSPS) is 21.7. The molecule has 2 unspecified atom stereocenters. The van der Waals surface area contributed by atoms with Crippen LogP contribution in [0.1, 0.15) is 18.9 Å². The zero-order chi connectivity index (χ0) is 12.6. The fourth-order valence-electron chi connectivity index (χ4n) is 2.09.